The molecule has 0 bridgehead atoms. The smallest absolute Gasteiger partial charge is 0.264 e. The first-order valence-corrected chi connectivity index (χ1v) is 12.2. The molecule has 0 spiro atoms. The maximum absolute atomic E-state index is 12.4. The molecule has 0 unspecified atom stereocenters. The van der Waals surface area contributed by atoms with E-state index in [-0.39, 0.29) is 17.6 Å². The predicted octanol–water partition coefficient (Wildman–Crippen LogP) is 4.36. The van der Waals surface area contributed by atoms with Gasteiger partial charge in [0.05, 0.1) is 12.0 Å². The molecule has 184 valence electrons. The van der Waals surface area contributed by atoms with Crippen LogP contribution in [0.15, 0.2) is 83.1 Å². The lowest BCUT2D eigenvalue weighted by Gasteiger charge is -2.09. The number of hydrogen-bond acceptors (Lipinski definition) is 8. The van der Waals surface area contributed by atoms with Gasteiger partial charge in [-0.2, -0.15) is 5.10 Å². The Hall–Kier alpha value is -4.31. The maximum atomic E-state index is 12.4. The van der Waals surface area contributed by atoms with Crippen molar-refractivity contribution in [3.05, 3.63) is 95.1 Å². The minimum absolute atomic E-state index is 0.137. The number of rotatable bonds is 10. The molecule has 3 aromatic carbocycles. The number of nitrogens with two attached hydrogens (primary N) is 1. The number of nitrogens with zero attached hydrogens (tertiary/aromatic N) is 4. The Morgan fingerprint density at radius 3 is 2.67 bits per heavy atom. The van der Waals surface area contributed by atoms with Crippen LogP contribution in [0.2, 0.25) is 0 Å². The second kappa shape index (κ2) is 11.9. The Labute approximate surface area is 213 Å². The third kappa shape index (κ3) is 6.63. The number of nitrogens with one attached hydrogen (secondary N) is 2. The first kappa shape index (κ1) is 24.8. The standard InChI is InChI=1S/C26H27N7O2S/c1-18-12-13-22(19(2)14-18)29-24(34)17-36-26-32-31-25(33(26)27)30-28-15-21-10-6-7-11-23(21)35-16-20-8-4-3-5-9-20/h3-15H,16-17,27H2,1-2H3,(H,29,34)(H,30,31)/b28-15+. The van der Waals surface area contributed by atoms with E-state index in [1.54, 1.807) is 6.21 Å². The first-order valence-electron chi connectivity index (χ1n) is 11.2. The average molecular weight is 502 g/mol. The molecule has 1 aromatic heterocycles. The number of anilines is 2. The van der Waals surface area contributed by atoms with Gasteiger partial charge < -0.3 is 15.9 Å². The number of hydrogen-bond donors (Lipinski definition) is 3. The SMILES string of the molecule is Cc1ccc(NC(=O)CSc2nnc(N/N=C/c3ccccc3OCc3ccccc3)n2N)c(C)c1. The molecule has 0 saturated carbocycles. The van der Waals surface area contributed by atoms with E-state index in [2.05, 4.69) is 26.0 Å². The largest absolute Gasteiger partial charge is 0.488 e. The monoisotopic (exact) mass is 501 g/mol. The third-order valence-electron chi connectivity index (χ3n) is 5.18. The number of amides is 1. The number of aromatic nitrogens is 3. The quantitative estimate of drug-likeness (QED) is 0.128. The maximum Gasteiger partial charge on any atom is 0.264 e. The van der Waals surface area contributed by atoms with E-state index in [1.165, 1.54) is 16.4 Å². The molecule has 4 N–H and O–H groups in total. The molecule has 0 aliphatic rings. The topological polar surface area (TPSA) is 119 Å². The molecular formula is C26H27N7O2S. The Kier molecular flexibility index (Phi) is 8.20. The van der Waals surface area contributed by atoms with Gasteiger partial charge in [-0.25, -0.2) is 10.1 Å². The van der Waals surface area contributed by atoms with Crippen LogP contribution < -0.4 is 21.3 Å². The fraction of sp³-hybridized carbons (Fsp3) is 0.154. The van der Waals surface area contributed by atoms with E-state index in [0.29, 0.717) is 17.5 Å². The summed E-state index contributed by atoms with van der Waals surface area (Å²) in [5, 5.41) is 15.6. The third-order valence-corrected chi connectivity index (χ3v) is 6.12. The number of hydrazone groups is 1. The van der Waals surface area contributed by atoms with Crippen LogP contribution in [0.25, 0.3) is 0 Å². The summed E-state index contributed by atoms with van der Waals surface area (Å²) in [7, 11) is 0. The lowest BCUT2D eigenvalue weighted by atomic mass is 10.1. The van der Waals surface area contributed by atoms with Gasteiger partial charge in [0.1, 0.15) is 12.4 Å². The highest BCUT2D eigenvalue weighted by molar-refractivity contribution is 7.99. The van der Waals surface area contributed by atoms with E-state index in [4.69, 9.17) is 10.6 Å². The van der Waals surface area contributed by atoms with Crippen LogP contribution in [0.5, 0.6) is 5.75 Å². The molecule has 0 radical (unpaired) electrons. The zero-order valence-corrected chi connectivity index (χ0v) is 20.8. The molecule has 1 heterocycles. The van der Waals surface area contributed by atoms with Crippen LogP contribution in [0, 0.1) is 13.8 Å². The minimum atomic E-state index is -0.158. The minimum Gasteiger partial charge on any atom is -0.488 e. The number of nitrogen functional groups attached to an aromatic ring is 1. The highest BCUT2D eigenvalue weighted by Gasteiger charge is 2.13. The van der Waals surface area contributed by atoms with E-state index < -0.39 is 0 Å². The van der Waals surface area contributed by atoms with Crippen LogP contribution in [-0.4, -0.2) is 32.7 Å². The summed E-state index contributed by atoms with van der Waals surface area (Å²) in [6.07, 6.45) is 1.62. The van der Waals surface area contributed by atoms with Gasteiger partial charge in [0.25, 0.3) is 5.95 Å². The Balaban J connectivity index is 1.31. The van der Waals surface area contributed by atoms with Crippen LogP contribution in [0.4, 0.5) is 11.6 Å². The van der Waals surface area contributed by atoms with Gasteiger partial charge in [0.15, 0.2) is 0 Å². The van der Waals surface area contributed by atoms with E-state index in [0.717, 1.165) is 27.9 Å². The summed E-state index contributed by atoms with van der Waals surface area (Å²) in [4.78, 5) is 12.4. The van der Waals surface area contributed by atoms with Gasteiger partial charge >= 0.3 is 0 Å². The van der Waals surface area contributed by atoms with Crippen LogP contribution in [0.1, 0.15) is 22.3 Å². The normalized spacial score (nSPS) is 10.9. The number of aryl methyl sites for hydroxylation is 2. The molecule has 0 saturated heterocycles. The van der Waals surface area contributed by atoms with Gasteiger partial charge in [-0.3, -0.25) is 4.79 Å². The highest BCUT2D eigenvalue weighted by Crippen LogP contribution is 2.20. The Bertz CT molecular complexity index is 1360. The molecule has 0 fully saturated rings. The Morgan fingerprint density at radius 2 is 1.86 bits per heavy atom. The fourth-order valence-electron chi connectivity index (χ4n) is 3.34. The second-order valence-corrected chi connectivity index (χ2v) is 8.96. The molecule has 36 heavy (non-hydrogen) atoms. The van der Waals surface area contributed by atoms with Gasteiger partial charge in [-0.05, 0) is 43.2 Å². The fourth-order valence-corrected chi connectivity index (χ4v) is 3.99. The van der Waals surface area contributed by atoms with Gasteiger partial charge in [0, 0.05) is 11.3 Å². The highest BCUT2D eigenvalue weighted by atomic mass is 32.2. The van der Waals surface area contributed by atoms with Crippen molar-refractivity contribution >= 4 is 35.5 Å². The average Bonchev–Trinajstić information content (AvgIpc) is 3.23. The number of ether oxygens (including phenoxy) is 1. The Morgan fingerprint density at radius 1 is 1.08 bits per heavy atom. The predicted molar refractivity (Wildman–Crippen MR) is 144 cm³/mol. The van der Waals surface area contributed by atoms with Gasteiger partial charge in [-0.1, -0.05) is 71.9 Å². The van der Waals surface area contributed by atoms with Crippen molar-refractivity contribution in [2.45, 2.75) is 25.6 Å². The van der Waals surface area contributed by atoms with Crippen molar-refractivity contribution in [3.8, 4) is 5.75 Å². The summed E-state index contributed by atoms with van der Waals surface area (Å²) in [5.74, 6) is 7.00. The van der Waals surface area contributed by atoms with E-state index in [1.807, 2.05) is 86.6 Å². The van der Waals surface area contributed by atoms with Crippen molar-refractivity contribution in [2.24, 2.45) is 5.10 Å². The van der Waals surface area contributed by atoms with Crippen molar-refractivity contribution in [2.75, 3.05) is 22.3 Å². The lowest BCUT2D eigenvalue weighted by Crippen LogP contribution is -2.17. The summed E-state index contributed by atoms with van der Waals surface area (Å²) in [6.45, 7) is 4.42. The summed E-state index contributed by atoms with van der Waals surface area (Å²) >= 11 is 1.18. The summed E-state index contributed by atoms with van der Waals surface area (Å²) < 4.78 is 7.20. The molecule has 9 nitrogen and oxygen atoms in total. The van der Waals surface area contributed by atoms with Crippen molar-refractivity contribution in [1.82, 2.24) is 14.9 Å². The van der Waals surface area contributed by atoms with Crippen LogP contribution >= 0.6 is 11.8 Å². The molecule has 0 atom stereocenters. The summed E-state index contributed by atoms with van der Waals surface area (Å²) in [5.41, 5.74) is 7.59. The summed E-state index contributed by atoms with van der Waals surface area (Å²) in [6, 6.07) is 23.4. The number of para-hydroxylation sites is 1. The molecule has 10 heteroatoms. The van der Waals surface area contributed by atoms with Gasteiger partial charge in [0.2, 0.25) is 11.1 Å². The number of thioether (sulfide) groups is 1. The zero-order chi connectivity index (χ0) is 25.3. The first-order chi connectivity index (χ1) is 17.5. The van der Waals surface area contributed by atoms with Crippen LogP contribution in [-0.2, 0) is 11.4 Å². The molecular weight excluding hydrogens is 474 g/mol. The number of carbonyl (C=O) groups excluding carboxylic acids is 1. The molecule has 1 amide bonds. The number of benzene rings is 3. The van der Waals surface area contributed by atoms with Crippen molar-refractivity contribution in [1.29, 1.82) is 0 Å². The van der Waals surface area contributed by atoms with E-state index in [9.17, 15) is 4.79 Å². The molecule has 0 aliphatic carbocycles. The van der Waals surface area contributed by atoms with Crippen molar-refractivity contribution in [3.63, 3.8) is 0 Å². The van der Waals surface area contributed by atoms with E-state index >= 15 is 0 Å². The second-order valence-electron chi connectivity index (χ2n) is 8.01. The molecule has 0 aliphatic heterocycles. The molecule has 4 rings (SSSR count). The zero-order valence-electron chi connectivity index (χ0n) is 20.0. The molecule has 4 aromatic rings. The van der Waals surface area contributed by atoms with Crippen LogP contribution in [0.3, 0.4) is 0 Å². The lowest BCUT2D eigenvalue weighted by molar-refractivity contribution is -0.113. The van der Waals surface area contributed by atoms with Gasteiger partial charge in [-0.15, -0.1) is 10.2 Å². The number of carbonyl (C=O) groups is 1. The van der Waals surface area contributed by atoms with Crippen molar-refractivity contribution < 1.29 is 9.53 Å².